The molecule has 1 aliphatic heterocycles. The molecule has 0 unspecified atom stereocenters. The van der Waals surface area contributed by atoms with E-state index in [1.165, 1.54) is 18.1 Å². The number of amides is 2. The molecule has 16 nitrogen and oxygen atoms in total. The van der Waals surface area contributed by atoms with Gasteiger partial charge in [0.05, 0.1) is 30.0 Å². The number of carbonyl (C=O) groups excluding carboxylic acids is 5. The zero-order chi connectivity index (χ0) is 48.6. The Bertz CT molecular complexity index is 2420. The van der Waals surface area contributed by atoms with Crippen LogP contribution in [0.4, 0.5) is 0 Å². The molecule has 4 atom stereocenters. The minimum atomic E-state index is -1.25. The number of nitrogens with one attached hydrogen (secondary N) is 1. The van der Waals surface area contributed by atoms with Gasteiger partial charge >= 0.3 is 0 Å². The highest BCUT2D eigenvalue weighted by molar-refractivity contribution is 6.00. The number of nitrogens with zero attached hydrogens (tertiary/aromatic N) is 4. The number of benzene rings is 3. The average Bonchev–Trinajstić information content (AvgIpc) is 3.31. The molecule has 5 rings (SSSR count). The van der Waals surface area contributed by atoms with Gasteiger partial charge in [0.1, 0.15) is 36.5 Å². The highest BCUT2D eigenvalue weighted by atomic mass is 16.5. The summed E-state index contributed by atoms with van der Waals surface area (Å²) in [7, 11) is 1.50. The van der Waals surface area contributed by atoms with Gasteiger partial charge in [-0.25, -0.2) is 9.97 Å². The number of carbonyl (C=O) groups is 5. The lowest BCUT2D eigenvalue weighted by molar-refractivity contribution is -0.142. The van der Waals surface area contributed by atoms with Crippen LogP contribution in [0.1, 0.15) is 92.5 Å². The number of fused-ring (bicyclic) bond motifs is 5. The number of likely N-dealkylation sites (N-methyl/N-ethyl adjacent to an activating group) is 1. The second-order valence-corrected chi connectivity index (χ2v) is 17.3. The first kappa shape index (κ1) is 51.4. The normalized spacial score (nSPS) is 16.6. The van der Waals surface area contributed by atoms with Gasteiger partial charge in [-0.1, -0.05) is 32.9 Å². The van der Waals surface area contributed by atoms with Crippen molar-refractivity contribution in [2.24, 2.45) is 35.0 Å². The highest BCUT2D eigenvalue weighted by Crippen LogP contribution is 2.41. The second-order valence-electron chi connectivity index (χ2n) is 17.3. The van der Waals surface area contributed by atoms with E-state index in [0.29, 0.717) is 57.8 Å². The number of rotatable bonds is 21. The molecule has 4 aromatic rings. The van der Waals surface area contributed by atoms with Crippen molar-refractivity contribution >= 4 is 29.2 Å². The van der Waals surface area contributed by atoms with Gasteiger partial charge in [-0.3, -0.25) is 24.0 Å². The fraction of sp³-hybridized carbons (Fsp3) is 0.451. The Kier molecular flexibility index (Phi) is 19.1. The maximum Gasteiger partial charge on any atom is 0.226 e. The van der Waals surface area contributed by atoms with Gasteiger partial charge in [0.2, 0.25) is 11.8 Å². The monoisotopic (exact) mass is 916 g/mol. The lowest BCUT2D eigenvalue weighted by atomic mass is 9.88. The first-order chi connectivity index (χ1) is 32.2. The van der Waals surface area contributed by atoms with Crippen LogP contribution in [0, 0.1) is 36.0 Å². The highest BCUT2D eigenvalue weighted by Gasteiger charge is 2.36. The maximum absolute atomic E-state index is 14.8. The van der Waals surface area contributed by atoms with Gasteiger partial charge in [-0.15, -0.1) is 0 Å². The molecule has 0 spiro atoms. The third-order valence-corrected chi connectivity index (χ3v) is 11.7. The fourth-order valence-electron chi connectivity index (χ4n) is 7.97. The maximum atomic E-state index is 14.8. The molecule has 1 aromatic heterocycles. The van der Waals surface area contributed by atoms with Gasteiger partial charge in [-0.05, 0) is 98.3 Å². The summed E-state index contributed by atoms with van der Waals surface area (Å²) in [5.74, 6) is -1.55. The Labute approximate surface area is 392 Å². The molecule has 4 bridgehead atoms. The summed E-state index contributed by atoms with van der Waals surface area (Å²) in [6.07, 6.45) is 1.97. The SMILES string of the molecule is Cc1nc(-c2ccc(OCCC(C)C)cc2)ncc1C(=O)C[C@@H](CCN)C(=O)N(C)[C@@H]1C(=O)C[C@@H](C)C(=O)N[C@H](C(=O)CCC#N)Cc2ccc(OCCN)c(c2)-c2cc1ccc2OCCN. The number of hydrogen-bond donors (Lipinski definition) is 4. The number of nitrogens with two attached hydrogens (primary N) is 3. The summed E-state index contributed by atoms with van der Waals surface area (Å²) >= 11 is 0. The predicted molar refractivity (Wildman–Crippen MR) is 254 cm³/mol. The van der Waals surface area contributed by atoms with Gasteiger partial charge < -0.3 is 41.6 Å². The van der Waals surface area contributed by atoms with E-state index in [2.05, 4.69) is 29.1 Å². The van der Waals surface area contributed by atoms with E-state index in [0.717, 1.165) is 17.7 Å². The van der Waals surface area contributed by atoms with Crippen LogP contribution >= 0.6 is 0 Å². The van der Waals surface area contributed by atoms with Crippen LogP contribution in [0.3, 0.4) is 0 Å². The molecule has 1 aliphatic rings. The number of aromatic nitrogens is 2. The molecule has 0 saturated heterocycles. The van der Waals surface area contributed by atoms with Crippen molar-refractivity contribution in [1.82, 2.24) is 20.2 Å². The van der Waals surface area contributed by atoms with Crippen molar-refractivity contribution in [2.45, 2.75) is 84.7 Å². The Morgan fingerprint density at radius 1 is 0.881 bits per heavy atom. The lowest BCUT2D eigenvalue weighted by Crippen LogP contribution is -2.46. The quantitative estimate of drug-likeness (QED) is 0.0757. The summed E-state index contributed by atoms with van der Waals surface area (Å²) in [5, 5.41) is 12.1. The van der Waals surface area contributed by atoms with E-state index in [-0.39, 0.29) is 88.5 Å². The first-order valence-corrected chi connectivity index (χ1v) is 22.9. The minimum absolute atomic E-state index is 0.0339. The Morgan fingerprint density at radius 2 is 1.55 bits per heavy atom. The number of ketones is 3. The zero-order valence-corrected chi connectivity index (χ0v) is 39.2. The van der Waals surface area contributed by atoms with Crippen LogP contribution in [0.5, 0.6) is 17.2 Å². The molecule has 356 valence electrons. The molecule has 0 fully saturated rings. The molecule has 7 N–H and O–H groups in total. The van der Waals surface area contributed by atoms with Gasteiger partial charge in [-0.2, -0.15) is 5.26 Å². The molecule has 2 amide bonds. The van der Waals surface area contributed by atoms with Crippen molar-refractivity contribution < 1.29 is 38.2 Å². The van der Waals surface area contributed by atoms with Crippen LogP contribution in [0.25, 0.3) is 22.5 Å². The van der Waals surface area contributed by atoms with Crippen LogP contribution in [-0.2, 0) is 25.6 Å². The average molecular weight is 917 g/mol. The summed E-state index contributed by atoms with van der Waals surface area (Å²) in [6, 6.07) is 17.6. The zero-order valence-electron chi connectivity index (χ0n) is 39.2. The first-order valence-electron chi connectivity index (χ1n) is 22.9. The third-order valence-electron chi connectivity index (χ3n) is 11.7. The molecule has 67 heavy (non-hydrogen) atoms. The molecule has 0 saturated carbocycles. The van der Waals surface area contributed by atoms with Crippen molar-refractivity contribution in [3.05, 3.63) is 89.2 Å². The molecule has 0 radical (unpaired) electrons. The topological polar surface area (TPSA) is 256 Å². The standard InChI is InChI=1S/C51H64N8O8/c1-31(2)17-22-65-38-12-9-35(10-13-38)49-56-30-41(33(4)57-49)44(61)29-37(16-19-53)51(64)59(5)48-36-11-15-47(67-24-21-55)40(28-36)39-26-34(8-14-46(39)66-23-20-54)27-42(43(60)7-6-18-52)58-50(63)32(3)25-45(48)62/h8-15,26,28,30-32,37,42,48H,6-7,16-17,19-25,27,29,53-55H2,1-5H3,(H,58,63)/t32-,37-,42+,48+/m1/s1. The van der Waals surface area contributed by atoms with Gasteiger partial charge in [0.15, 0.2) is 23.2 Å². The van der Waals surface area contributed by atoms with Crippen molar-refractivity contribution in [2.75, 3.05) is 46.5 Å². The summed E-state index contributed by atoms with van der Waals surface area (Å²) < 4.78 is 18.1. The van der Waals surface area contributed by atoms with Crippen molar-refractivity contribution in [3.63, 3.8) is 0 Å². The fourth-order valence-corrected chi connectivity index (χ4v) is 7.97. The molecule has 2 heterocycles. The van der Waals surface area contributed by atoms with Gasteiger partial charge in [0, 0.05) is 80.5 Å². The van der Waals surface area contributed by atoms with E-state index in [4.69, 9.17) is 31.4 Å². The van der Waals surface area contributed by atoms with Crippen LogP contribution in [-0.4, -0.2) is 96.6 Å². The number of aryl methyl sites for hydroxylation is 1. The number of Topliss-reactive ketones (excluding diaryl/α,β-unsaturated/α-hetero) is 3. The molecule has 16 heteroatoms. The van der Waals surface area contributed by atoms with Crippen LogP contribution in [0.15, 0.2) is 66.9 Å². The Hall–Kier alpha value is -6.54. The Balaban J connectivity index is 1.51. The largest absolute Gasteiger partial charge is 0.494 e. The van der Waals surface area contributed by atoms with Crippen LogP contribution in [0.2, 0.25) is 0 Å². The van der Waals surface area contributed by atoms with E-state index in [1.54, 1.807) is 44.2 Å². The van der Waals surface area contributed by atoms with Gasteiger partial charge in [0.25, 0.3) is 0 Å². The summed E-state index contributed by atoms with van der Waals surface area (Å²) in [4.78, 5) is 81.3. The second kappa shape index (κ2) is 24.8. The van der Waals surface area contributed by atoms with E-state index in [9.17, 15) is 29.2 Å². The number of hydrogen-bond acceptors (Lipinski definition) is 14. The van der Waals surface area contributed by atoms with E-state index >= 15 is 0 Å². The molecule has 3 aromatic carbocycles. The van der Waals surface area contributed by atoms with Crippen LogP contribution < -0.4 is 36.7 Å². The lowest BCUT2D eigenvalue weighted by Gasteiger charge is -2.32. The molecule has 0 aliphatic carbocycles. The van der Waals surface area contributed by atoms with Crippen molar-refractivity contribution in [1.29, 1.82) is 5.26 Å². The van der Waals surface area contributed by atoms with Crippen molar-refractivity contribution in [3.8, 4) is 45.8 Å². The smallest absolute Gasteiger partial charge is 0.226 e. The van der Waals surface area contributed by atoms with E-state index in [1.807, 2.05) is 36.4 Å². The minimum Gasteiger partial charge on any atom is -0.494 e. The third kappa shape index (κ3) is 13.8. The summed E-state index contributed by atoms with van der Waals surface area (Å²) in [5.41, 5.74) is 21.3. The number of ether oxygens (including phenoxy) is 3. The molecular weight excluding hydrogens is 853 g/mol. The summed E-state index contributed by atoms with van der Waals surface area (Å²) in [6.45, 7) is 9.01. The molecular formula is C51H64N8O8. The Morgan fingerprint density at radius 3 is 2.18 bits per heavy atom. The number of nitriles is 1. The van der Waals surface area contributed by atoms with E-state index < -0.39 is 41.5 Å². The predicted octanol–water partition coefficient (Wildman–Crippen LogP) is 5.47.